The van der Waals surface area contributed by atoms with Gasteiger partial charge in [-0.05, 0) is 55.4 Å². The minimum atomic E-state index is -0.525. The number of carbonyl (C=O) groups excluding carboxylic acids is 1. The predicted molar refractivity (Wildman–Crippen MR) is 117 cm³/mol. The van der Waals surface area contributed by atoms with Gasteiger partial charge in [0.25, 0.3) is 0 Å². The zero-order valence-electron chi connectivity index (χ0n) is 18.2. The maximum Gasteiger partial charge on any atom is 0.234 e. The van der Waals surface area contributed by atoms with Gasteiger partial charge in [-0.15, -0.1) is 0 Å². The van der Waals surface area contributed by atoms with Gasteiger partial charge in [0, 0.05) is 19.3 Å². The van der Waals surface area contributed by atoms with E-state index in [4.69, 9.17) is 9.47 Å². The molecule has 0 bridgehead atoms. The molecule has 0 spiro atoms. The topological polar surface area (TPSA) is 83.9 Å². The Hall–Kier alpha value is -2.64. The molecule has 1 saturated carbocycles. The van der Waals surface area contributed by atoms with Crippen molar-refractivity contribution < 1.29 is 19.4 Å². The summed E-state index contributed by atoms with van der Waals surface area (Å²) in [5.74, 6) is 2.19. The van der Waals surface area contributed by atoms with Crippen LogP contribution in [0.2, 0.25) is 0 Å². The molecular weight excluding hydrogens is 394 g/mol. The minimum absolute atomic E-state index is 0.00213. The van der Waals surface area contributed by atoms with E-state index in [1.807, 2.05) is 43.3 Å². The zero-order chi connectivity index (χ0) is 21.8. The van der Waals surface area contributed by atoms with Gasteiger partial charge in [-0.3, -0.25) is 14.7 Å². The van der Waals surface area contributed by atoms with Gasteiger partial charge in [-0.25, -0.2) is 0 Å². The predicted octanol–water partition coefficient (Wildman–Crippen LogP) is 2.17. The third-order valence-electron chi connectivity index (χ3n) is 6.39. The number of para-hydroxylation sites is 1. The van der Waals surface area contributed by atoms with Crippen LogP contribution in [0.4, 0.5) is 0 Å². The number of hydrogen-bond donors (Lipinski definition) is 2. The summed E-state index contributed by atoms with van der Waals surface area (Å²) in [4.78, 5) is 18.8. The van der Waals surface area contributed by atoms with Crippen LogP contribution in [-0.2, 0) is 11.3 Å². The average molecular weight is 426 g/mol. The largest absolute Gasteiger partial charge is 0.493 e. The number of nitrogens with one attached hydrogen (secondary N) is 1. The van der Waals surface area contributed by atoms with E-state index in [1.165, 1.54) is 0 Å². The number of likely N-dealkylation sites (tertiary alicyclic amines) is 1. The highest BCUT2D eigenvalue weighted by atomic mass is 16.5. The summed E-state index contributed by atoms with van der Waals surface area (Å²) in [6, 6.07) is 11.5. The molecule has 4 rings (SSSR count). The van der Waals surface area contributed by atoms with Crippen LogP contribution >= 0.6 is 0 Å². The average Bonchev–Trinajstić information content (AvgIpc) is 3.15. The molecule has 2 fully saturated rings. The maximum atomic E-state index is 12.4. The molecule has 1 aliphatic carbocycles. The quantitative estimate of drug-likeness (QED) is 0.707. The van der Waals surface area contributed by atoms with Crippen molar-refractivity contribution in [2.75, 3.05) is 26.7 Å². The molecule has 0 radical (unpaired) electrons. The van der Waals surface area contributed by atoms with Gasteiger partial charge in [0.15, 0.2) is 11.5 Å². The molecule has 1 saturated heterocycles. The Morgan fingerprint density at radius 2 is 2.00 bits per heavy atom. The van der Waals surface area contributed by atoms with Crippen molar-refractivity contribution in [2.24, 2.45) is 11.8 Å². The summed E-state index contributed by atoms with van der Waals surface area (Å²) in [6.45, 7) is 4.47. The highest BCUT2D eigenvalue weighted by Crippen LogP contribution is 2.40. The molecule has 7 nitrogen and oxygen atoms in total. The monoisotopic (exact) mass is 425 g/mol. The molecule has 1 aromatic heterocycles. The number of carbonyl (C=O) groups is 1. The second kappa shape index (κ2) is 9.66. The van der Waals surface area contributed by atoms with Gasteiger partial charge in [0.2, 0.25) is 5.91 Å². The standard InChI is InChI=1S/C24H31N3O4/c1-16-6-5-8-21(30-2)24(16)31-22-11-18-14-27(13-17(18)10-20(22)28)15-23(29)26-12-19-7-3-4-9-25-19/h3-9,17-18,20,22,28H,10-15H2,1-2H3,(H,26,29)/t17-,18+,20+,22+/m0/s1. The number of aryl methyl sites for hydroxylation is 1. The number of aliphatic hydroxyl groups is 1. The second-order valence-corrected chi connectivity index (χ2v) is 8.61. The van der Waals surface area contributed by atoms with Crippen LogP contribution in [0.15, 0.2) is 42.6 Å². The highest BCUT2D eigenvalue weighted by Gasteiger charge is 2.43. The van der Waals surface area contributed by atoms with Crippen LogP contribution in [0.1, 0.15) is 24.1 Å². The molecule has 2 aliphatic rings. The Labute approximate surface area is 183 Å². The number of rotatable bonds is 7. The lowest BCUT2D eigenvalue weighted by Gasteiger charge is -2.35. The third kappa shape index (κ3) is 5.17. The van der Waals surface area contributed by atoms with Crippen molar-refractivity contribution in [2.45, 2.75) is 38.5 Å². The summed E-state index contributed by atoms with van der Waals surface area (Å²) < 4.78 is 11.7. The fraction of sp³-hybridized carbons (Fsp3) is 0.500. The summed E-state index contributed by atoms with van der Waals surface area (Å²) in [5.41, 5.74) is 1.84. The Morgan fingerprint density at radius 1 is 1.19 bits per heavy atom. The van der Waals surface area contributed by atoms with Crippen LogP contribution < -0.4 is 14.8 Å². The highest BCUT2D eigenvalue weighted by molar-refractivity contribution is 5.78. The lowest BCUT2D eigenvalue weighted by atomic mass is 9.78. The first-order chi connectivity index (χ1) is 15.0. The van der Waals surface area contributed by atoms with Crippen molar-refractivity contribution in [1.82, 2.24) is 15.2 Å². The van der Waals surface area contributed by atoms with Crippen molar-refractivity contribution >= 4 is 5.91 Å². The molecule has 1 amide bonds. The van der Waals surface area contributed by atoms with Gasteiger partial charge in [-0.2, -0.15) is 0 Å². The van der Waals surface area contributed by atoms with Gasteiger partial charge in [0.05, 0.1) is 32.0 Å². The van der Waals surface area contributed by atoms with E-state index in [-0.39, 0.29) is 12.0 Å². The number of aliphatic hydroxyl groups excluding tert-OH is 1. The first-order valence-corrected chi connectivity index (χ1v) is 10.9. The fourth-order valence-electron chi connectivity index (χ4n) is 4.78. The van der Waals surface area contributed by atoms with E-state index in [2.05, 4.69) is 15.2 Å². The van der Waals surface area contributed by atoms with E-state index >= 15 is 0 Å². The Morgan fingerprint density at radius 3 is 2.74 bits per heavy atom. The number of benzene rings is 1. The second-order valence-electron chi connectivity index (χ2n) is 8.61. The van der Waals surface area contributed by atoms with E-state index < -0.39 is 6.10 Å². The van der Waals surface area contributed by atoms with Crippen LogP contribution in [0.5, 0.6) is 11.5 Å². The minimum Gasteiger partial charge on any atom is -0.493 e. The number of hydrogen-bond acceptors (Lipinski definition) is 6. The Kier molecular flexibility index (Phi) is 6.73. The van der Waals surface area contributed by atoms with Crippen molar-refractivity contribution in [3.05, 3.63) is 53.9 Å². The molecule has 2 N–H and O–H groups in total. The summed E-state index contributed by atoms with van der Waals surface area (Å²) in [5, 5.41) is 13.7. The fourth-order valence-corrected chi connectivity index (χ4v) is 4.78. The number of methoxy groups -OCH3 is 1. The van der Waals surface area contributed by atoms with Crippen LogP contribution in [0.25, 0.3) is 0 Å². The number of ether oxygens (including phenoxy) is 2. The molecule has 31 heavy (non-hydrogen) atoms. The molecule has 0 unspecified atom stereocenters. The van der Waals surface area contributed by atoms with Gasteiger partial charge in [0.1, 0.15) is 6.10 Å². The third-order valence-corrected chi connectivity index (χ3v) is 6.39. The number of nitrogens with zero attached hydrogens (tertiary/aromatic N) is 2. The Bertz CT molecular complexity index is 892. The van der Waals surface area contributed by atoms with Crippen LogP contribution in [0.3, 0.4) is 0 Å². The van der Waals surface area contributed by atoms with Crippen molar-refractivity contribution in [3.8, 4) is 11.5 Å². The molecule has 2 aromatic rings. The SMILES string of the molecule is COc1cccc(C)c1O[C@@H]1C[C@@H]2CN(CC(=O)NCc3ccccn3)C[C@@H]2C[C@H]1O. The molecule has 1 aliphatic heterocycles. The summed E-state index contributed by atoms with van der Waals surface area (Å²) in [6.07, 6.45) is 2.39. The molecule has 166 valence electrons. The smallest absolute Gasteiger partial charge is 0.234 e. The first kappa shape index (κ1) is 21.6. The van der Waals surface area contributed by atoms with Crippen LogP contribution in [-0.4, -0.2) is 59.8 Å². The molecule has 4 atom stereocenters. The Balaban J connectivity index is 1.31. The van der Waals surface area contributed by atoms with Crippen molar-refractivity contribution in [1.29, 1.82) is 0 Å². The first-order valence-electron chi connectivity index (χ1n) is 10.9. The number of aromatic nitrogens is 1. The molecule has 1 aromatic carbocycles. The van der Waals surface area contributed by atoms with Crippen molar-refractivity contribution in [3.63, 3.8) is 0 Å². The summed E-state index contributed by atoms with van der Waals surface area (Å²) >= 11 is 0. The lowest BCUT2D eigenvalue weighted by molar-refractivity contribution is -0.122. The maximum absolute atomic E-state index is 12.4. The van der Waals surface area contributed by atoms with Gasteiger partial charge in [-0.1, -0.05) is 18.2 Å². The molecular formula is C24H31N3O4. The molecule has 2 heterocycles. The van der Waals surface area contributed by atoms with E-state index in [1.54, 1.807) is 13.3 Å². The van der Waals surface area contributed by atoms with E-state index in [0.717, 1.165) is 30.8 Å². The van der Waals surface area contributed by atoms with E-state index in [9.17, 15) is 9.90 Å². The lowest BCUT2D eigenvalue weighted by Crippen LogP contribution is -2.42. The number of amides is 1. The summed E-state index contributed by atoms with van der Waals surface area (Å²) in [7, 11) is 1.63. The molecule has 7 heteroatoms. The van der Waals surface area contributed by atoms with Crippen LogP contribution in [0, 0.1) is 18.8 Å². The normalized spacial score (nSPS) is 25.6. The number of fused-ring (bicyclic) bond motifs is 1. The zero-order valence-corrected chi connectivity index (χ0v) is 18.2. The number of pyridine rings is 1. The van der Waals surface area contributed by atoms with Gasteiger partial charge >= 0.3 is 0 Å². The van der Waals surface area contributed by atoms with E-state index in [0.29, 0.717) is 42.8 Å². The van der Waals surface area contributed by atoms with Gasteiger partial charge < -0.3 is 19.9 Å².